The standard InChI is InChI=1S/C16H26ClN/c1-14(2)18(12-10-15(3)9-11-17)13-16-7-5-4-6-8-16/h4-8,14-15H,9-13H2,1-3H3. The summed E-state index contributed by atoms with van der Waals surface area (Å²) in [4.78, 5) is 2.54. The highest BCUT2D eigenvalue weighted by Gasteiger charge is 2.11. The fourth-order valence-corrected chi connectivity index (χ4v) is 2.43. The Morgan fingerprint density at radius 1 is 1.06 bits per heavy atom. The first-order chi connectivity index (χ1) is 8.63. The van der Waals surface area contributed by atoms with Crippen LogP contribution in [-0.4, -0.2) is 23.4 Å². The zero-order valence-corrected chi connectivity index (χ0v) is 12.7. The van der Waals surface area contributed by atoms with Crippen LogP contribution in [0.3, 0.4) is 0 Å². The monoisotopic (exact) mass is 267 g/mol. The molecule has 0 saturated carbocycles. The largest absolute Gasteiger partial charge is 0.297 e. The second kappa shape index (κ2) is 8.55. The fourth-order valence-electron chi connectivity index (χ4n) is 2.05. The lowest BCUT2D eigenvalue weighted by Crippen LogP contribution is -2.32. The zero-order valence-electron chi connectivity index (χ0n) is 11.9. The van der Waals surface area contributed by atoms with Gasteiger partial charge in [-0.3, -0.25) is 4.90 Å². The van der Waals surface area contributed by atoms with Gasteiger partial charge in [0.25, 0.3) is 0 Å². The predicted molar refractivity (Wildman–Crippen MR) is 81.1 cm³/mol. The smallest absolute Gasteiger partial charge is 0.0236 e. The van der Waals surface area contributed by atoms with Crippen LogP contribution in [-0.2, 0) is 6.54 Å². The van der Waals surface area contributed by atoms with Gasteiger partial charge in [-0.1, -0.05) is 37.3 Å². The van der Waals surface area contributed by atoms with Crippen molar-refractivity contribution in [1.29, 1.82) is 0 Å². The second-order valence-electron chi connectivity index (χ2n) is 5.42. The van der Waals surface area contributed by atoms with Crippen LogP contribution in [0.5, 0.6) is 0 Å². The summed E-state index contributed by atoms with van der Waals surface area (Å²) in [5, 5.41) is 0. The molecule has 18 heavy (non-hydrogen) atoms. The van der Waals surface area contributed by atoms with Gasteiger partial charge in [0.1, 0.15) is 0 Å². The summed E-state index contributed by atoms with van der Waals surface area (Å²) in [6.45, 7) is 9.05. The SMILES string of the molecule is CC(CCCl)CCN(Cc1ccccc1)C(C)C. The first-order valence-corrected chi connectivity index (χ1v) is 7.51. The highest BCUT2D eigenvalue weighted by Crippen LogP contribution is 2.13. The minimum absolute atomic E-state index is 0.591. The maximum absolute atomic E-state index is 5.79. The molecule has 1 atom stereocenters. The second-order valence-corrected chi connectivity index (χ2v) is 5.80. The van der Waals surface area contributed by atoms with E-state index in [1.54, 1.807) is 0 Å². The van der Waals surface area contributed by atoms with Crippen molar-refractivity contribution in [2.24, 2.45) is 5.92 Å². The molecule has 0 amide bonds. The van der Waals surface area contributed by atoms with Crippen molar-refractivity contribution in [2.45, 2.75) is 46.2 Å². The molecule has 0 N–H and O–H groups in total. The number of rotatable bonds is 8. The summed E-state index contributed by atoms with van der Waals surface area (Å²) < 4.78 is 0. The lowest BCUT2D eigenvalue weighted by Gasteiger charge is -2.27. The lowest BCUT2D eigenvalue weighted by molar-refractivity contribution is 0.198. The van der Waals surface area contributed by atoms with E-state index in [0.717, 1.165) is 31.3 Å². The van der Waals surface area contributed by atoms with Gasteiger partial charge >= 0.3 is 0 Å². The van der Waals surface area contributed by atoms with E-state index < -0.39 is 0 Å². The van der Waals surface area contributed by atoms with E-state index in [0.29, 0.717) is 6.04 Å². The normalized spacial score (nSPS) is 13.2. The number of alkyl halides is 1. The summed E-state index contributed by atoms with van der Waals surface area (Å²) in [6, 6.07) is 11.3. The Balaban J connectivity index is 2.45. The topological polar surface area (TPSA) is 3.24 Å². The summed E-state index contributed by atoms with van der Waals surface area (Å²) >= 11 is 5.79. The van der Waals surface area contributed by atoms with Gasteiger partial charge < -0.3 is 0 Å². The summed E-state index contributed by atoms with van der Waals surface area (Å²) in [6.07, 6.45) is 2.36. The highest BCUT2D eigenvalue weighted by atomic mass is 35.5. The van der Waals surface area contributed by atoms with Crippen LogP contribution < -0.4 is 0 Å². The molecule has 0 aliphatic carbocycles. The highest BCUT2D eigenvalue weighted by molar-refractivity contribution is 6.17. The molecule has 1 aromatic carbocycles. The minimum atomic E-state index is 0.591. The Bertz CT molecular complexity index is 310. The fraction of sp³-hybridized carbons (Fsp3) is 0.625. The van der Waals surface area contributed by atoms with Crippen LogP contribution in [0.25, 0.3) is 0 Å². The summed E-state index contributed by atoms with van der Waals surface area (Å²) in [5.41, 5.74) is 1.40. The van der Waals surface area contributed by atoms with Crippen molar-refractivity contribution in [3.8, 4) is 0 Å². The average Bonchev–Trinajstić information content (AvgIpc) is 2.35. The van der Waals surface area contributed by atoms with E-state index in [2.05, 4.69) is 56.0 Å². The molecule has 2 heteroatoms. The third kappa shape index (κ3) is 5.88. The zero-order chi connectivity index (χ0) is 13.4. The van der Waals surface area contributed by atoms with E-state index >= 15 is 0 Å². The third-order valence-corrected chi connectivity index (χ3v) is 3.69. The van der Waals surface area contributed by atoms with Crippen molar-refractivity contribution < 1.29 is 0 Å². The third-order valence-electron chi connectivity index (χ3n) is 3.47. The average molecular weight is 268 g/mol. The quantitative estimate of drug-likeness (QED) is 0.625. The van der Waals surface area contributed by atoms with Crippen LogP contribution in [0.1, 0.15) is 39.2 Å². The van der Waals surface area contributed by atoms with E-state index in [1.165, 1.54) is 12.0 Å². The first kappa shape index (κ1) is 15.5. The van der Waals surface area contributed by atoms with Crippen LogP contribution in [0.15, 0.2) is 30.3 Å². The molecule has 1 nitrogen and oxygen atoms in total. The van der Waals surface area contributed by atoms with Crippen molar-refractivity contribution in [1.82, 2.24) is 4.90 Å². The number of halogens is 1. The van der Waals surface area contributed by atoms with E-state index in [-0.39, 0.29) is 0 Å². The molecule has 102 valence electrons. The molecule has 0 aliphatic heterocycles. The molecule has 0 radical (unpaired) electrons. The molecule has 0 aliphatic rings. The van der Waals surface area contributed by atoms with Crippen molar-refractivity contribution in [2.75, 3.05) is 12.4 Å². The molecule has 0 aromatic heterocycles. The van der Waals surface area contributed by atoms with Gasteiger partial charge in [-0.2, -0.15) is 0 Å². The van der Waals surface area contributed by atoms with Crippen molar-refractivity contribution in [3.05, 3.63) is 35.9 Å². The Morgan fingerprint density at radius 3 is 2.28 bits per heavy atom. The Morgan fingerprint density at radius 2 is 1.72 bits per heavy atom. The van der Waals surface area contributed by atoms with Gasteiger partial charge in [-0.25, -0.2) is 0 Å². The number of nitrogens with zero attached hydrogens (tertiary/aromatic N) is 1. The Hall–Kier alpha value is -0.530. The maximum Gasteiger partial charge on any atom is 0.0236 e. The first-order valence-electron chi connectivity index (χ1n) is 6.97. The molecule has 0 bridgehead atoms. The predicted octanol–water partition coefficient (Wildman–Crippen LogP) is 4.55. The molecule has 0 heterocycles. The van der Waals surface area contributed by atoms with Crippen LogP contribution in [0.4, 0.5) is 0 Å². The van der Waals surface area contributed by atoms with Crippen molar-refractivity contribution >= 4 is 11.6 Å². The van der Waals surface area contributed by atoms with Crippen LogP contribution in [0, 0.1) is 5.92 Å². The van der Waals surface area contributed by atoms with Gasteiger partial charge in [0.15, 0.2) is 0 Å². The summed E-state index contributed by atoms with van der Waals surface area (Å²) in [5.74, 6) is 1.50. The number of hydrogen-bond donors (Lipinski definition) is 0. The van der Waals surface area contributed by atoms with E-state index in [9.17, 15) is 0 Å². The van der Waals surface area contributed by atoms with Crippen LogP contribution in [0.2, 0.25) is 0 Å². The molecule has 1 aromatic rings. The van der Waals surface area contributed by atoms with Crippen LogP contribution >= 0.6 is 11.6 Å². The minimum Gasteiger partial charge on any atom is -0.297 e. The molecule has 0 saturated heterocycles. The summed E-state index contributed by atoms with van der Waals surface area (Å²) in [7, 11) is 0. The molecule has 1 rings (SSSR count). The number of hydrogen-bond acceptors (Lipinski definition) is 1. The molecular weight excluding hydrogens is 242 g/mol. The lowest BCUT2D eigenvalue weighted by atomic mass is 10.0. The molecule has 0 fully saturated rings. The Labute approximate surface area is 117 Å². The molecular formula is C16H26ClN. The maximum atomic E-state index is 5.79. The Kier molecular flexibility index (Phi) is 7.38. The van der Waals surface area contributed by atoms with Crippen molar-refractivity contribution in [3.63, 3.8) is 0 Å². The molecule has 1 unspecified atom stereocenters. The molecule has 0 spiro atoms. The van der Waals surface area contributed by atoms with Gasteiger partial charge in [-0.05, 0) is 44.7 Å². The van der Waals surface area contributed by atoms with Gasteiger partial charge in [-0.15, -0.1) is 11.6 Å². The van der Waals surface area contributed by atoms with Gasteiger partial charge in [0.2, 0.25) is 0 Å². The number of benzene rings is 1. The van der Waals surface area contributed by atoms with Gasteiger partial charge in [0.05, 0.1) is 0 Å². The van der Waals surface area contributed by atoms with E-state index in [4.69, 9.17) is 11.6 Å². The van der Waals surface area contributed by atoms with Gasteiger partial charge in [0, 0.05) is 18.5 Å². The van der Waals surface area contributed by atoms with E-state index in [1.807, 2.05) is 0 Å².